The van der Waals surface area contributed by atoms with Gasteiger partial charge in [0.15, 0.2) is 5.96 Å². The molecule has 2 heterocycles. The van der Waals surface area contributed by atoms with Gasteiger partial charge in [0, 0.05) is 38.3 Å². The van der Waals surface area contributed by atoms with E-state index in [0.717, 1.165) is 62.1 Å². The molecule has 2 saturated heterocycles. The molecule has 2 aliphatic rings. The largest absolute Gasteiger partial charge is 0.376 e. The first kappa shape index (κ1) is 22.7. The van der Waals surface area contributed by atoms with Crippen LogP contribution in [0, 0.1) is 0 Å². The summed E-state index contributed by atoms with van der Waals surface area (Å²) >= 11 is 6.23. The molecule has 0 spiro atoms. The van der Waals surface area contributed by atoms with Gasteiger partial charge in [-0.05, 0) is 43.7 Å². The van der Waals surface area contributed by atoms with Crippen molar-refractivity contribution in [2.24, 2.45) is 4.99 Å². The van der Waals surface area contributed by atoms with Crippen LogP contribution in [-0.2, 0) is 16.0 Å². The molecule has 3 rings (SSSR count). The van der Waals surface area contributed by atoms with Crippen LogP contribution < -0.4 is 5.32 Å². The Kier molecular flexibility index (Phi) is 10.2. The highest BCUT2D eigenvalue weighted by Crippen LogP contribution is 2.18. The number of nitrogens with one attached hydrogen (secondary N) is 1. The summed E-state index contributed by atoms with van der Waals surface area (Å²) in [5.74, 6) is 0.930. The Balaban J connectivity index is 0.00000261. The Bertz CT molecular complexity index is 588. The molecule has 0 aliphatic carbocycles. The number of piperidine rings is 1. The number of likely N-dealkylation sites (tertiary alicyclic amines) is 1. The number of benzene rings is 1. The third-order valence-electron chi connectivity index (χ3n) is 5.14. The lowest BCUT2D eigenvalue weighted by Crippen LogP contribution is -2.47. The molecule has 5 nitrogen and oxygen atoms in total. The average molecular weight is 508 g/mol. The Hall–Kier alpha value is -0.570. The fourth-order valence-electron chi connectivity index (χ4n) is 3.56. The standard InChI is InChI=1S/C20H30ClN3O2.HI/c1-22-20(23-14-16-6-2-3-8-19(16)21)24-11-9-17(10-12-24)26-15-18-7-4-5-13-25-18;/h2-3,6,8,17-18H,4-5,7,9-15H2,1H3,(H,22,23);1H. The highest BCUT2D eigenvalue weighted by molar-refractivity contribution is 14.0. The van der Waals surface area contributed by atoms with Crippen molar-refractivity contribution in [2.45, 2.75) is 50.9 Å². The number of ether oxygens (including phenoxy) is 2. The monoisotopic (exact) mass is 507 g/mol. The van der Waals surface area contributed by atoms with Gasteiger partial charge in [-0.15, -0.1) is 24.0 Å². The molecule has 0 bridgehead atoms. The van der Waals surface area contributed by atoms with Crippen molar-refractivity contribution in [2.75, 3.05) is 33.4 Å². The number of guanidine groups is 1. The predicted octanol–water partition coefficient (Wildman–Crippen LogP) is 4.08. The first-order chi connectivity index (χ1) is 12.8. The smallest absolute Gasteiger partial charge is 0.193 e. The van der Waals surface area contributed by atoms with E-state index in [1.807, 2.05) is 31.3 Å². The molecule has 0 amide bonds. The summed E-state index contributed by atoms with van der Waals surface area (Å²) in [5, 5.41) is 4.21. The third-order valence-corrected chi connectivity index (χ3v) is 5.51. The first-order valence-corrected chi connectivity index (χ1v) is 10.1. The Labute approximate surface area is 184 Å². The molecule has 1 N–H and O–H groups in total. The molecule has 0 aromatic heterocycles. The van der Waals surface area contributed by atoms with Crippen molar-refractivity contribution < 1.29 is 9.47 Å². The number of nitrogens with zero attached hydrogens (tertiary/aromatic N) is 2. The van der Waals surface area contributed by atoms with E-state index in [-0.39, 0.29) is 24.0 Å². The SMILES string of the molecule is CN=C(NCc1ccccc1Cl)N1CCC(OCC2CCCCO2)CC1.I. The summed E-state index contributed by atoms with van der Waals surface area (Å²) < 4.78 is 11.9. The maximum atomic E-state index is 6.23. The molecular weight excluding hydrogens is 477 g/mol. The lowest BCUT2D eigenvalue weighted by molar-refractivity contribution is -0.0721. The second kappa shape index (κ2) is 12.1. The minimum absolute atomic E-state index is 0. The topological polar surface area (TPSA) is 46.1 Å². The van der Waals surface area contributed by atoms with E-state index >= 15 is 0 Å². The van der Waals surface area contributed by atoms with E-state index in [9.17, 15) is 0 Å². The second-order valence-corrected chi connectivity index (χ2v) is 7.41. The maximum absolute atomic E-state index is 6.23. The Morgan fingerprint density at radius 2 is 2.04 bits per heavy atom. The zero-order valence-corrected chi connectivity index (χ0v) is 19.1. The summed E-state index contributed by atoms with van der Waals surface area (Å²) in [7, 11) is 1.83. The lowest BCUT2D eigenvalue weighted by Gasteiger charge is -2.35. The summed E-state index contributed by atoms with van der Waals surface area (Å²) in [6.07, 6.45) is 6.27. The van der Waals surface area contributed by atoms with Crippen molar-refractivity contribution >= 4 is 41.5 Å². The molecule has 1 unspecified atom stereocenters. The van der Waals surface area contributed by atoms with Gasteiger partial charge in [-0.1, -0.05) is 29.8 Å². The molecule has 7 heteroatoms. The minimum atomic E-state index is 0. The molecule has 27 heavy (non-hydrogen) atoms. The molecule has 152 valence electrons. The number of hydrogen-bond acceptors (Lipinski definition) is 3. The summed E-state index contributed by atoms with van der Waals surface area (Å²) in [6.45, 7) is 4.22. The average Bonchev–Trinajstić information content (AvgIpc) is 2.70. The van der Waals surface area contributed by atoms with E-state index in [1.54, 1.807) is 0 Å². The van der Waals surface area contributed by atoms with E-state index < -0.39 is 0 Å². The molecular formula is C20H31ClIN3O2. The predicted molar refractivity (Wildman–Crippen MR) is 121 cm³/mol. The van der Waals surface area contributed by atoms with E-state index in [1.165, 1.54) is 12.8 Å². The number of aliphatic imine (C=N–C) groups is 1. The Morgan fingerprint density at radius 3 is 2.70 bits per heavy atom. The minimum Gasteiger partial charge on any atom is -0.376 e. The van der Waals surface area contributed by atoms with Crippen molar-refractivity contribution in [3.8, 4) is 0 Å². The van der Waals surface area contributed by atoms with Crippen molar-refractivity contribution in [1.82, 2.24) is 10.2 Å². The molecule has 1 aromatic carbocycles. The highest BCUT2D eigenvalue weighted by Gasteiger charge is 2.23. The van der Waals surface area contributed by atoms with Crippen LogP contribution in [0.2, 0.25) is 5.02 Å². The zero-order valence-electron chi connectivity index (χ0n) is 16.0. The van der Waals surface area contributed by atoms with Gasteiger partial charge in [0.25, 0.3) is 0 Å². The number of rotatable bonds is 5. The van der Waals surface area contributed by atoms with Crippen LogP contribution in [0.1, 0.15) is 37.7 Å². The summed E-state index contributed by atoms with van der Waals surface area (Å²) in [5.41, 5.74) is 1.08. The fourth-order valence-corrected chi connectivity index (χ4v) is 3.77. The van der Waals surface area contributed by atoms with Crippen molar-refractivity contribution in [3.63, 3.8) is 0 Å². The molecule has 2 fully saturated rings. The van der Waals surface area contributed by atoms with Crippen LogP contribution in [-0.4, -0.2) is 56.4 Å². The summed E-state index contributed by atoms with van der Waals surface area (Å²) in [4.78, 5) is 6.73. The second-order valence-electron chi connectivity index (χ2n) is 7.00. The van der Waals surface area contributed by atoms with Crippen molar-refractivity contribution in [1.29, 1.82) is 0 Å². The van der Waals surface area contributed by atoms with Crippen LogP contribution in [0.15, 0.2) is 29.3 Å². The Morgan fingerprint density at radius 1 is 1.26 bits per heavy atom. The molecule has 0 saturated carbocycles. The van der Waals surface area contributed by atoms with Gasteiger partial charge in [0.1, 0.15) is 0 Å². The fraction of sp³-hybridized carbons (Fsp3) is 0.650. The molecule has 1 aromatic rings. The zero-order chi connectivity index (χ0) is 18.2. The first-order valence-electron chi connectivity index (χ1n) is 9.68. The lowest BCUT2D eigenvalue weighted by atomic mass is 10.1. The molecule has 1 atom stereocenters. The van der Waals surface area contributed by atoms with Crippen molar-refractivity contribution in [3.05, 3.63) is 34.9 Å². The third kappa shape index (κ3) is 7.07. The highest BCUT2D eigenvalue weighted by atomic mass is 127. The van der Waals surface area contributed by atoms with E-state index in [0.29, 0.717) is 18.8 Å². The molecule has 0 radical (unpaired) electrons. The van der Waals surface area contributed by atoms with Crippen LogP contribution in [0.5, 0.6) is 0 Å². The van der Waals surface area contributed by atoms with Gasteiger partial charge < -0.3 is 19.7 Å². The molecule has 2 aliphatic heterocycles. The quantitative estimate of drug-likeness (QED) is 0.371. The van der Waals surface area contributed by atoms with E-state index in [4.69, 9.17) is 21.1 Å². The van der Waals surface area contributed by atoms with Crippen LogP contribution in [0.3, 0.4) is 0 Å². The number of hydrogen-bond donors (Lipinski definition) is 1. The van der Waals surface area contributed by atoms with Crippen LogP contribution in [0.4, 0.5) is 0 Å². The summed E-state index contributed by atoms with van der Waals surface area (Å²) in [6, 6.07) is 7.91. The van der Waals surface area contributed by atoms with Gasteiger partial charge in [-0.25, -0.2) is 0 Å². The van der Waals surface area contributed by atoms with Gasteiger partial charge in [-0.3, -0.25) is 4.99 Å². The van der Waals surface area contributed by atoms with E-state index in [2.05, 4.69) is 15.2 Å². The van der Waals surface area contributed by atoms with Crippen LogP contribution >= 0.6 is 35.6 Å². The van der Waals surface area contributed by atoms with Gasteiger partial charge in [0.05, 0.1) is 18.8 Å². The normalized spacial score (nSPS) is 21.6. The van der Waals surface area contributed by atoms with Crippen LogP contribution in [0.25, 0.3) is 0 Å². The van der Waals surface area contributed by atoms with Gasteiger partial charge >= 0.3 is 0 Å². The number of halogens is 2. The van der Waals surface area contributed by atoms with Gasteiger partial charge in [0.2, 0.25) is 0 Å². The van der Waals surface area contributed by atoms with Gasteiger partial charge in [-0.2, -0.15) is 0 Å². The maximum Gasteiger partial charge on any atom is 0.193 e.